The lowest BCUT2D eigenvalue weighted by Crippen LogP contribution is -2.09. The number of hydrogen-bond acceptors (Lipinski definition) is 3. The maximum absolute atomic E-state index is 5.87. The van der Waals surface area contributed by atoms with Crippen LogP contribution in [0.4, 0.5) is 0 Å². The molecule has 16 heavy (non-hydrogen) atoms. The van der Waals surface area contributed by atoms with E-state index in [0.29, 0.717) is 6.61 Å². The van der Waals surface area contributed by atoms with Crippen molar-refractivity contribution in [2.45, 2.75) is 19.9 Å². The number of nitrogens with two attached hydrogens (primary N) is 1. The Labute approximate surface area is 96.9 Å². The highest BCUT2D eigenvalue weighted by Gasteiger charge is 2.09. The van der Waals surface area contributed by atoms with Crippen LogP contribution >= 0.6 is 0 Å². The molecule has 0 aliphatic heterocycles. The Hall–Kier alpha value is -1.48. The van der Waals surface area contributed by atoms with Crippen LogP contribution in [0.5, 0.6) is 11.5 Å². The first-order valence-corrected chi connectivity index (χ1v) is 5.25. The maximum atomic E-state index is 5.87. The third kappa shape index (κ3) is 3.28. The Balaban J connectivity index is 2.95. The van der Waals surface area contributed by atoms with E-state index in [1.54, 1.807) is 7.11 Å². The van der Waals surface area contributed by atoms with Crippen LogP contribution in [0.15, 0.2) is 30.4 Å². The molecule has 2 N–H and O–H groups in total. The van der Waals surface area contributed by atoms with Gasteiger partial charge in [-0.1, -0.05) is 12.6 Å². The van der Waals surface area contributed by atoms with Crippen molar-refractivity contribution in [3.63, 3.8) is 0 Å². The highest BCUT2D eigenvalue weighted by Crippen LogP contribution is 2.28. The first-order valence-electron chi connectivity index (χ1n) is 5.25. The minimum Gasteiger partial charge on any atom is -0.497 e. The molecule has 0 aliphatic rings. The molecule has 1 unspecified atom stereocenters. The zero-order valence-electron chi connectivity index (χ0n) is 10.1. The summed E-state index contributed by atoms with van der Waals surface area (Å²) in [5.41, 5.74) is 7.81. The quantitative estimate of drug-likeness (QED) is 0.777. The molecule has 0 saturated carbocycles. The van der Waals surface area contributed by atoms with Gasteiger partial charge in [-0.05, 0) is 25.5 Å². The van der Waals surface area contributed by atoms with Gasteiger partial charge in [0, 0.05) is 17.7 Å². The lowest BCUT2D eigenvalue weighted by molar-refractivity contribution is 0.342. The molecule has 0 spiro atoms. The van der Waals surface area contributed by atoms with Gasteiger partial charge in [-0.25, -0.2) is 0 Å². The van der Waals surface area contributed by atoms with Gasteiger partial charge in [0.1, 0.15) is 18.1 Å². The molecule has 1 atom stereocenters. The Kier molecular flexibility index (Phi) is 4.38. The third-order valence-electron chi connectivity index (χ3n) is 2.19. The third-order valence-corrected chi connectivity index (χ3v) is 2.19. The average Bonchev–Trinajstić information content (AvgIpc) is 2.25. The maximum Gasteiger partial charge on any atom is 0.128 e. The zero-order valence-corrected chi connectivity index (χ0v) is 10.1. The summed E-state index contributed by atoms with van der Waals surface area (Å²) in [6, 6.07) is 5.59. The normalized spacial score (nSPS) is 12.0. The van der Waals surface area contributed by atoms with Crippen molar-refractivity contribution in [3.8, 4) is 11.5 Å². The van der Waals surface area contributed by atoms with Crippen molar-refractivity contribution in [3.05, 3.63) is 35.9 Å². The molecule has 0 aliphatic carbocycles. The Morgan fingerprint density at radius 2 is 2.19 bits per heavy atom. The van der Waals surface area contributed by atoms with E-state index in [-0.39, 0.29) is 6.04 Å². The van der Waals surface area contributed by atoms with Crippen molar-refractivity contribution >= 4 is 0 Å². The van der Waals surface area contributed by atoms with E-state index < -0.39 is 0 Å². The Morgan fingerprint density at radius 1 is 1.50 bits per heavy atom. The van der Waals surface area contributed by atoms with E-state index in [1.165, 1.54) is 0 Å². The summed E-state index contributed by atoms with van der Waals surface area (Å²) >= 11 is 0. The summed E-state index contributed by atoms with van der Waals surface area (Å²) in [6.07, 6.45) is 0. The average molecular weight is 221 g/mol. The summed E-state index contributed by atoms with van der Waals surface area (Å²) in [5, 5.41) is 0. The summed E-state index contributed by atoms with van der Waals surface area (Å²) < 4.78 is 10.8. The first kappa shape index (κ1) is 12.6. The van der Waals surface area contributed by atoms with Crippen molar-refractivity contribution in [1.29, 1.82) is 0 Å². The van der Waals surface area contributed by atoms with Gasteiger partial charge < -0.3 is 15.2 Å². The van der Waals surface area contributed by atoms with Gasteiger partial charge in [-0.3, -0.25) is 0 Å². The van der Waals surface area contributed by atoms with E-state index in [1.807, 2.05) is 32.0 Å². The highest BCUT2D eigenvalue weighted by atomic mass is 16.5. The summed E-state index contributed by atoms with van der Waals surface area (Å²) in [6.45, 7) is 8.14. The fourth-order valence-electron chi connectivity index (χ4n) is 1.34. The second-order valence-corrected chi connectivity index (χ2v) is 3.94. The van der Waals surface area contributed by atoms with Crippen LogP contribution < -0.4 is 15.2 Å². The molecule has 0 bridgehead atoms. The lowest BCUT2D eigenvalue weighted by Gasteiger charge is -2.15. The first-order chi connectivity index (χ1) is 7.54. The van der Waals surface area contributed by atoms with Gasteiger partial charge in [0.15, 0.2) is 0 Å². The van der Waals surface area contributed by atoms with E-state index in [9.17, 15) is 0 Å². The van der Waals surface area contributed by atoms with Crippen LogP contribution in [-0.2, 0) is 0 Å². The van der Waals surface area contributed by atoms with Crippen LogP contribution in [0.25, 0.3) is 0 Å². The summed E-state index contributed by atoms with van der Waals surface area (Å²) in [7, 11) is 1.63. The van der Waals surface area contributed by atoms with Gasteiger partial charge in [0.25, 0.3) is 0 Å². The van der Waals surface area contributed by atoms with Gasteiger partial charge in [0.2, 0.25) is 0 Å². The van der Waals surface area contributed by atoms with Crippen LogP contribution in [0.3, 0.4) is 0 Å². The van der Waals surface area contributed by atoms with Crippen LogP contribution in [0.1, 0.15) is 25.5 Å². The van der Waals surface area contributed by atoms with Crippen molar-refractivity contribution in [2.75, 3.05) is 13.7 Å². The molecule has 3 heteroatoms. The highest BCUT2D eigenvalue weighted by molar-refractivity contribution is 5.42. The van der Waals surface area contributed by atoms with Crippen molar-refractivity contribution < 1.29 is 9.47 Å². The van der Waals surface area contributed by atoms with Gasteiger partial charge >= 0.3 is 0 Å². The largest absolute Gasteiger partial charge is 0.497 e. The minimum atomic E-state index is -0.0639. The topological polar surface area (TPSA) is 44.5 Å². The van der Waals surface area contributed by atoms with Crippen LogP contribution in [0, 0.1) is 0 Å². The predicted molar refractivity (Wildman–Crippen MR) is 65.9 cm³/mol. The number of methoxy groups -OCH3 is 1. The van der Waals surface area contributed by atoms with E-state index in [4.69, 9.17) is 15.2 Å². The van der Waals surface area contributed by atoms with E-state index in [2.05, 4.69) is 6.58 Å². The fraction of sp³-hybridized carbons (Fsp3) is 0.385. The molecule has 0 fully saturated rings. The fourth-order valence-corrected chi connectivity index (χ4v) is 1.34. The molecular formula is C13H19NO2. The number of rotatable bonds is 5. The second-order valence-electron chi connectivity index (χ2n) is 3.94. The number of ether oxygens (including phenoxy) is 2. The Morgan fingerprint density at radius 3 is 2.69 bits per heavy atom. The lowest BCUT2D eigenvalue weighted by atomic mass is 10.1. The number of benzene rings is 1. The molecule has 0 heterocycles. The minimum absolute atomic E-state index is 0.0639. The molecule has 1 aromatic carbocycles. The smallest absolute Gasteiger partial charge is 0.128 e. The molecule has 1 rings (SSSR count). The summed E-state index contributed by atoms with van der Waals surface area (Å²) in [5.74, 6) is 1.53. The SMILES string of the molecule is C=C(C)COc1cc(OC)ccc1C(C)N. The molecule has 3 nitrogen and oxygen atoms in total. The predicted octanol–water partition coefficient (Wildman–Crippen LogP) is 2.67. The van der Waals surface area contributed by atoms with Gasteiger partial charge in [-0.2, -0.15) is 0 Å². The molecule has 1 aromatic rings. The van der Waals surface area contributed by atoms with E-state index >= 15 is 0 Å². The standard InChI is InChI=1S/C13H19NO2/c1-9(2)8-16-13-7-11(15-4)5-6-12(13)10(3)14/h5-7,10H,1,8,14H2,2-4H3. The molecule has 88 valence electrons. The Bertz CT molecular complexity index is 372. The zero-order chi connectivity index (χ0) is 12.1. The second kappa shape index (κ2) is 5.56. The van der Waals surface area contributed by atoms with Gasteiger partial charge in [-0.15, -0.1) is 0 Å². The van der Waals surface area contributed by atoms with E-state index in [0.717, 1.165) is 22.6 Å². The molecule has 0 saturated heterocycles. The summed E-state index contributed by atoms with van der Waals surface area (Å²) in [4.78, 5) is 0. The van der Waals surface area contributed by atoms with Gasteiger partial charge in [0.05, 0.1) is 7.11 Å². The molecule has 0 aromatic heterocycles. The van der Waals surface area contributed by atoms with Crippen molar-refractivity contribution in [2.24, 2.45) is 5.73 Å². The molecule has 0 radical (unpaired) electrons. The molecule has 0 amide bonds. The monoisotopic (exact) mass is 221 g/mol. The van der Waals surface area contributed by atoms with Crippen molar-refractivity contribution in [1.82, 2.24) is 0 Å². The molecular weight excluding hydrogens is 202 g/mol. The van der Waals surface area contributed by atoms with Crippen LogP contribution in [-0.4, -0.2) is 13.7 Å². The van der Waals surface area contributed by atoms with Crippen LogP contribution in [0.2, 0.25) is 0 Å². The number of hydrogen-bond donors (Lipinski definition) is 1.